The van der Waals surface area contributed by atoms with E-state index in [2.05, 4.69) is 6.58 Å². The molecule has 5 nitrogen and oxygen atoms in total. The number of aliphatic carboxylic acids is 1. The van der Waals surface area contributed by atoms with Gasteiger partial charge in [0.25, 0.3) is 5.97 Å². The van der Waals surface area contributed by atoms with E-state index in [1.54, 1.807) is 0 Å². The highest BCUT2D eigenvalue weighted by Gasteiger charge is 1.94. The lowest BCUT2D eigenvalue weighted by Gasteiger charge is -2.01. The summed E-state index contributed by atoms with van der Waals surface area (Å²) in [7, 11) is 0. The van der Waals surface area contributed by atoms with Crippen molar-refractivity contribution in [2.24, 2.45) is 0 Å². The molecule has 0 spiro atoms. The molecule has 5 heteroatoms. The maximum atomic E-state index is 10.5. The SMILES string of the molecule is C=CC(=O)OCCCCOCC.CC(=O)O. The van der Waals surface area contributed by atoms with E-state index in [0.29, 0.717) is 6.61 Å². The number of carbonyl (C=O) groups excluding carboxylic acids is 1. The summed E-state index contributed by atoms with van der Waals surface area (Å²) in [5, 5.41) is 7.42. The highest BCUT2D eigenvalue weighted by Crippen LogP contribution is 1.91. The molecule has 0 aromatic heterocycles. The number of esters is 1. The Bertz CT molecular complexity index is 197. The molecule has 0 radical (unpaired) electrons. The second-order valence-corrected chi connectivity index (χ2v) is 2.79. The third-order valence-electron chi connectivity index (χ3n) is 1.30. The molecular formula is C11H20O5. The number of hydrogen-bond acceptors (Lipinski definition) is 4. The predicted molar refractivity (Wildman–Crippen MR) is 60.2 cm³/mol. The van der Waals surface area contributed by atoms with E-state index in [1.807, 2.05) is 6.92 Å². The average Bonchev–Trinajstić information content (AvgIpc) is 2.22. The van der Waals surface area contributed by atoms with Gasteiger partial charge in [-0.3, -0.25) is 4.79 Å². The third-order valence-corrected chi connectivity index (χ3v) is 1.30. The van der Waals surface area contributed by atoms with Gasteiger partial charge >= 0.3 is 5.97 Å². The van der Waals surface area contributed by atoms with Gasteiger partial charge in [0.15, 0.2) is 0 Å². The number of carboxylic acids is 1. The maximum Gasteiger partial charge on any atom is 0.330 e. The Morgan fingerprint density at radius 2 is 1.81 bits per heavy atom. The Labute approximate surface area is 96.0 Å². The molecule has 0 aromatic carbocycles. The van der Waals surface area contributed by atoms with E-state index in [-0.39, 0.29) is 5.97 Å². The summed E-state index contributed by atoms with van der Waals surface area (Å²) in [6, 6.07) is 0. The number of rotatable bonds is 7. The van der Waals surface area contributed by atoms with E-state index in [4.69, 9.17) is 19.4 Å². The topological polar surface area (TPSA) is 72.8 Å². The van der Waals surface area contributed by atoms with Gasteiger partial charge in [0.1, 0.15) is 0 Å². The molecule has 0 rings (SSSR count). The van der Waals surface area contributed by atoms with Crippen LogP contribution in [-0.4, -0.2) is 36.9 Å². The normalized spacial score (nSPS) is 8.62. The molecule has 0 aromatic rings. The van der Waals surface area contributed by atoms with E-state index >= 15 is 0 Å². The van der Waals surface area contributed by atoms with Crippen molar-refractivity contribution >= 4 is 11.9 Å². The van der Waals surface area contributed by atoms with Crippen LogP contribution in [0.3, 0.4) is 0 Å². The number of carboxylic acid groups (broad SMARTS) is 1. The molecule has 0 unspecified atom stereocenters. The van der Waals surface area contributed by atoms with Crippen molar-refractivity contribution in [2.45, 2.75) is 26.7 Å². The molecule has 0 atom stereocenters. The fourth-order valence-electron chi connectivity index (χ4n) is 0.682. The lowest BCUT2D eigenvalue weighted by atomic mass is 10.3. The number of unbranched alkanes of at least 4 members (excludes halogenated alkanes) is 1. The van der Waals surface area contributed by atoms with Crippen molar-refractivity contribution in [1.29, 1.82) is 0 Å². The van der Waals surface area contributed by atoms with Crippen molar-refractivity contribution < 1.29 is 24.2 Å². The minimum Gasteiger partial charge on any atom is -0.481 e. The first-order valence-electron chi connectivity index (χ1n) is 5.11. The predicted octanol–water partition coefficient (Wildman–Crippen LogP) is 1.62. The molecular weight excluding hydrogens is 212 g/mol. The van der Waals surface area contributed by atoms with Crippen molar-refractivity contribution in [3.8, 4) is 0 Å². The van der Waals surface area contributed by atoms with Gasteiger partial charge in [0.05, 0.1) is 6.61 Å². The van der Waals surface area contributed by atoms with Gasteiger partial charge in [-0.05, 0) is 19.8 Å². The van der Waals surface area contributed by atoms with Crippen LogP contribution in [0.5, 0.6) is 0 Å². The lowest BCUT2D eigenvalue weighted by Crippen LogP contribution is -2.03. The summed E-state index contributed by atoms with van der Waals surface area (Å²) in [6.45, 7) is 8.27. The molecule has 0 aliphatic carbocycles. The standard InChI is InChI=1S/C9H16O3.C2H4O2/c1-3-9(10)12-8-6-5-7-11-4-2;1-2(3)4/h3H,1,4-8H2,2H3;1H3,(H,3,4). The van der Waals surface area contributed by atoms with Gasteiger partial charge in [-0.1, -0.05) is 6.58 Å². The zero-order valence-electron chi connectivity index (χ0n) is 9.90. The summed E-state index contributed by atoms with van der Waals surface area (Å²) in [4.78, 5) is 19.5. The molecule has 0 bridgehead atoms. The summed E-state index contributed by atoms with van der Waals surface area (Å²) >= 11 is 0. The number of hydrogen-bond donors (Lipinski definition) is 1. The molecule has 1 N–H and O–H groups in total. The van der Waals surface area contributed by atoms with Gasteiger partial charge in [-0.25, -0.2) is 4.79 Å². The van der Waals surface area contributed by atoms with E-state index in [1.165, 1.54) is 6.08 Å². The van der Waals surface area contributed by atoms with E-state index in [0.717, 1.165) is 33.0 Å². The van der Waals surface area contributed by atoms with Crippen LogP contribution in [0.15, 0.2) is 12.7 Å². The molecule has 0 amide bonds. The summed E-state index contributed by atoms with van der Waals surface area (Å²) in [5.74, 6) is -1.19. The highest BCUT2D eigenvalue weighted by molar-refractivity contribution is 5.81. The van der Waals surface area contributed by atoms with Crippen LogP contribution in [0.4, 0.5) is 0 Å². The minimum absolute atomic E-state index is 0.355. The summed E-state index contributed by atoms with van der Waals surface area (Å²) < 4.78 is 9.87. The first kappa shape index (κ1) is 17.0. The van der Waals surface area contributed by atoms with E-state index < -0.39 is 5.97 Å². The van der Waals surface area contributed by atoms with Crippen molar-refractivity contribution in [1.82, 2.24) is 0 Å². The molecule has 0 aliphatic rings. The average molecular weight is 232 g/mol. The molecule has 0 saturated carbocycles. The third kappa shape index (κ3) is 22.9. The van der Waals surface area contributed by atoms with Gasteiger partial charge in [-0.15, -0.1) is 0 Å². The highest BCUT2D eigenvalue weighted by atomic mass is 16.5. The molecule has 0 saturated heterocycles. The summed E-state index contributed by atoms with van der Waals surface area (Å²) in [5.41, 5.74) is 0. The minimum atomic E-state index is -0.833. The second kappa shape index (κ2) is 13.6. The largest absolute Gasteiger partial charge is 0.481 e. The van der Waals surface area contributed by atoms with Crippen LogP contribution >= 0.6 is 0 Å². The Hall–Kier alpha value is -1.36. The molecule has 0 aliphatic heterocycles. The molecule has 94 valence electrons. The van der Waals surface area contributed by atoms with Crippen LogP contribution in [0.25, 0.3) is 0 Å². The Morgan fingerprint density at radius 1 is 1.31 bits per heavy atom. The molecule has 0 fully saturated rings. The Balaban J connectivity index is 0. The molecule has 0 heterocycles. The van der Waals surface area contributed by atoms with Gasteiger partial charge in [-0.2, -0.15) is 0 Å². The zero-order valence-corrected chi connectivity index (χ0v) is 9.90. The monoisotopic (exact) mass is 232 g/mol. The fraction of sp³-hybridized carbons (Fsp3) is 0.636. The van der Waals surface area contributed by atoms with Gasteiger partial charge < -0.3 is 14.6 Å². The summed E-state index contributed by atoms with van der Waals surface area (Å²) in [6.07, 6.45) is 2.94. The van der Waals surface area contributed by atoms with Gasteiger partial charge in [0, 0.05) is 26.2 Å². The first-order chi connectivity index (χ1) is 7.54. The first-order valence-corrected chi connectivity index (χ1v) is 5.11. The van der Waals surface area contributed by atoms with Gasteiger partial charge in [0.2, 0.25) is 0 Å². The van der Waals surface area contributed by atoms with Crippen LogP contribution in [0.1, 0.15) is 26.7 Å². The zero-order chi connectivity index (χ0) is 12.8. The number of carbonyl (C=O) groups is 2. The number of ether oxygens (including phenoxy) is 2. The van der Waals surface area contributed by atoms with Crippen LogP contribution in [0.2, 0.25) is 0 Å². The Morgan fingerprint density at radius 3 is 2.25 bits per heavy atom. The quantitative estimate of drug-likeness (QED) is 0.410. The van der Waals surface area contributed by atoms with E-state index in [9.17, 15) is 4.79 Å². The Kier molecular flexibility index (Phi) is 14.5. The van der Waals surface area contributed by atoms with Crippen molar-refractivity contribution in [3.63, 3.8) is 0 Å². The van der Waals surface area contributed by atoms with Crippen LogP contribution < -0.4 is 0 Å². The van der Waals surface area contributed by atoms with Crippen LogP contribution in [-0.2, 0) is 19.1 Å². The molecule has 16 heavy (non-hydrogen) atoms. The lowest BCUT2D eigenvalue weighted by molar-refractivity contribution is -0.138. The maximum absolute atomic E-state index is 10.5. The smallest absolute Gasteiger partial charge is 0.330 e. The van der Waals surface area contributed by atoms with Crippen molar-refractivity contribution in [2.75, 3.05) is 19.8 Å². The van der Waals surface area contributed by atoms with Crippen molar-refractivity contribution in [3.05, 3.63) is 12.7 Å². The van der Waals surface area contributed by atoms with Crippen LogP contribution in [0, 0.1) is 0 Å². The fourth-order valence-corrected chi connectivity index (χ4v) is 0.682. The second-order valence-electron chi connectivity index (χ2n) is 2.79.